The third kappa shape index (κ3) is 4.37. The van der Waals surface area contributed by atoms with Crippen molar-refractivity contribution in [3.8, 4) is 11.1 Å². The molecule has 0 aliphatic carbocycles. The Balaban J connectivity index is 1.86. The fourth-order valence-corrected chi connectivity index (χ4v) is 3.51. The van der Waals surface area contributed by atoms with Crippen LogP contribution in [0.4, 0.5) is 0 Å². The number of ether oxygens (including phenoxy) is 1. The molecule has 2 aromatic rings. The molecule has 0 aromatic heterocycles. The van der Waals surface area contributed by atoms with Gasteiger partial charge >= 0.3 is 5.97 Å². The molecule has 1 aliphatic rings. The summed E-state index contributed by atoms with van der Waals surface area (Å²) in [6.45, 7) is 4.87. The predicted octanol–water partition coefficient (Wildman–Crippen LogP) is 3.99. The van der Waals surface area contributed by atoms with Gasteiger partial charge in [-0.15, -0.1) is 0 Å². The monoisotopic (exact) mass is 367 g/mol. The molecule has 3 rings (SSSR count). The Morgan fingerprint density at radius 1 is 1.04 bits per heavy atom. The number of hydrogen-bond acceptors (Lipinski definition) is 3. The summed E-state index contributed by atoms with van der Waals surface area (Å²) < 4.78 is 5.78. The van der Waals surface area contributed by atoms with Crippen LogP contribution >= 0.6 is 0 Å². The topological polar surface area (TPSA) is 75.6 Å². The zero-order valence-electron chi connectivity index (χ0n) is 15.6. The molecule has 1 fully saturated rings. The van der Waals surface area contributed by atoms with Gasteiger partial charge < -0.3 is 15.2 Å². The molecule has 0 bridgehead atoms. The average Bonchev–Trinajstić information content (AvgIpc) is 2.68. The smallest absolute Gasteiger partial charge is 0.336 e. The maximum atomic E-state index is 13.0. The van der Waals surface area contributed by atoms with E-state index in [-0.39, 0.29) is 23.6 Å². The number of benzene rings is 2. The van der Waals surface area contributed by atoms with E-state index in [1.165, 1.54) is 0 Å². The van der Waals surface area contributed by atoms with E-state index in [4.69, 9.17) is 4.74 Å². The van der Waals surface area contributed by atoms with E-state index in [0.717, 1.165) is 12.8 Å². The fraction of sp³-hybridized carbons (Fsp3) is 0.364. The van der Waals surface area contributed by atoms with Gasteiger partial charge in [-0.2, -0.15) is 0 Å². The van der Waals surface area contributed by atoms with E-state index in [1.54, 1.807) is 42.5 Å². The summed E-state index contributed by atoms with van der Waals surface area (Å²) in [5, 5.41) is 12.6. The highest BCUT2D eigenvalue weighted by Crippen LogP contribution is 2.28. The fourth-order valence-electron chi connectivity index (χ4n) is 3.51. The lowest BCUT2D eigenvalue weighted by Gasteiger charge is -2.32. The van der Waals surface area contributed by atoms with E-state index in [1.807, 2.05) is 6.07 Å². The summed E-state index contributed by atoms with van der Waals surface area (Å²) in [6.07, 6.45) is 1.71. The highest BCUT2D eigenvalue weighted by Gasteiger charge is 2.27. The van der Waals surface area contributed by atoms with Crippen molar-refractivity contribution in [3.63, 3.8) is 0 Å². The maximum absolute atomic E-state index is 13.0. The first-order valence-corrected chi connectivity index (χ1v) is 9.31. The number of rotatable bonds is 5. The van der Waals surface area contributed by atoms with Crippen LogP contribution in [0.15, 0.2) is 48.5 Å². The van der Waals surface area contributed by atoms with E-state index < -0.39 is 5.97 Å². The summed E-state index contributed by atoms with van der Waals surface area (Å²) in [4.78, 5) is 24.5. The van der Waals surface area contributed by atoms with Crippen molar-refractivity contribution < 1.29 is 19.4 Å². The van der Waals surface area contributed by atoms with Gasteiger partial charge in [0.1, 0.15) is 0 Å². The SMILES string of the molecule is CC(C)C1CC(NC(=O)c2ccccc2-c2ccccc2C(=O)O)CCO1. The van der Waals surface area contributed by atoms with Crippen molar-refractivity contribution >= 4 is 11.9 Å². The first-order valence-electron chi connectivity index (χ1n) is 9.31. The minimum atomic E-state index is -1.01. The zero-order chi connectivity index (χ0) is 19.4. The first-order chi connectivity index (χ1) is 13.0. The minimum absolute atomic E-state index is 0.0569. The number of carboxylic acids is 1. The molecule has 142 valence electrons. The van der Waals surface area contributed by atoms with Crippen LogP contribution in [0.3, 0.4) is 0 Å². The van der Waals surface area contributed by atoms with Crippen molar-refractivity contribution in [1.82, 2.24) is 5.32 Å². The lowest BCUT2D eigenvalue weighted by molar-refractivity contribution is -0.0233. The molecule has 5 heteroatoms. The van der Waals surface area contributed by atoms with Gasteiger partial charge in [0.15, 0.2) is 0 Å². The zero-order valence-corrected chi connectivity index (χ0v) is 15.6. The molecule has 1 saturated heterocycles. The Bertz CT molecular complexity index is 831. The van der Waals surface area contributed by atoms with Gasteiger partial charge in [0.2, 0.25) is 0 Å². The Morgan fingerprint density at radius 3 is 2.26 bits per heavy atom. The molecule has 2 aromatic carbocycles. The van der Waals surface area contributed by atoms with Crippen molar-refractivity contribution in [3.05, 3.63) is 59.7 Å². The Labute approximate surface area is 159 Å². The molecule has 2 atom stereocenters. The summed E-state index contributed by atoms with van der Waals surface area (Å²) in [6, 6.07) is 13.9. The summed E-state index contributed by atoms with van der Waals surface area (Å²) in [5.74, 6) is -0.787. The summed E-state index contributed by atoms with van der Waals surface area (Å²) >= 11 is 0. The highest BCUT2D eigenvalue weighted by atomic mass is 16.5. The standard InChI is InChI=1S/C22H25NO4/c1-14(2)20-13-15(11-12-27-20)23-21(24)18-9-5-3-7-16(18)17-8-4-6-10-19(17)22(25)26/h3-10,14-15,20H,11-13H2,1-2H3,(H,23,24)(H,25,26). The minimum Gasteiger partial charge on any atom is -0.478 e. The molecule has 1 heterocycles. The second kappa shape index (κ2) is 8.35. The van der Waals surface area contributed by atoms with Crippen molar-refractivity contribution in [2.24, 2.45) is 5.92 Å². The molecule has 27 heavy (non-hydrogen) atoms. The number of hydrogen-bond donors (Lipinski definition) is 2. The van der Waals surface area contributed by atoms with Gasteiger partial charge in [0, 0.05) is 18.2 Å². The van der Waals surface area contributed by atoms with E-state index in [2.05, 4.69) is 19.2 Å². The molecule has 1 amide bonds. The van der Waals surface area contributed by atoms with Gasteiger partial charge in [-0.25, -0.2) is 4.79 Å². The number of carbonyl (C=O) groups is 2. The lowest BCUT2D eigenvalue weighted by Crippen LogP contribution is -2.43. The summed E-state index contributed by atoms with van der Waals surface area (Å²) in [5.41, 5.74) is 1.84. The molecular formula is C22H25NO4. The normalized spacial score (nSPS) is 19.7. The number of carbonyl (C=O) groups excluding carboxylic acids is 1. The van der Waals surface area contributed by atoms with Gasteiger partial charge in [-0.05, 0) is 42.0 Å². The Morgan fingerprint density at radius 2 is 1.63 bits per heavy atom. The molecule has 0 radical (unpaired) electrons. The third-order valence-corrected chi connectivity index (χ3v) is 5.01. The number of nitrogens with one attached hydrogen (secondary N) is 1. The van der Waals surface area contributed by atoms with Crippen LogP contribution in [-0.4, -0.2) is 35.7 Å². The quantitative estimate of drug-likeness (QED) is 0.838. The Hall–Kier alpha value is -2.66. The van der Waals surface area contributed by atoms with Crippen molar-refractivity contribution in [2.75, 3.05) is 6.61 Å². The van der Waals surface area contributed by atoms with Gasteiger partial charge in [-0.3, -0.25) is 4.79 Å². The number of carboxylic acid groups (broad SMARTS) is 1. The molecular weight excluding hydrogens is 342 g/mol. The van der Waals surface area contributed by atoms with Gasteiger partial charge in [0.05, 0.1) is 11.7 Å². The molecule has 1 aliphatic heterocycles. The molecule has 2 N–H and O–H groups in total. The molecule has 0 saturated carbocycles. The number of aromatic carboxylic acids is 1. The molecule has 5 nitrogen and oxygen atoms in total. The van der Waals surface area contributed by atoms with Crippen LogP contribution in [0, 0.1) is 5.92 Å². The van der Waals surface area contributed by atoms with Crippen LogP contribution in [-0.2, 0) is 4.74 Å². The third-order valence-electron chi connectivity index (χ3n) is 5.01. The van der Waals surface area contributed by atoms with E-state index in [0.29, 0.717) is 29.2 Å². The summed E-state index contributed by atoms with van der Waals surface area (Å²) in [7, 11) is 0. The van der Waals surface area contributed by atoms with Crippen LogP contribution in [0.2, 0.25) is 0 Å². The maximum Gasteiger partial charge on any atom is 0.336 e. The van der Waals surface area contributed by atoms with Crippen LogP contribution in [0.25, 0.3) is 11.1 Å². The van der Waals surface area contributed by atoms with E-state index >= 15 is 0 Å². The van der Waals surface area contributed by atoms with Crippen molar-refractivity contribution in [2.45, 2.75) is 38.8 Å². The van der Waals surface area contributed by atoms with Gasteiger partial charge in [-0.1, -0.05) is 50.2 Å². The molecule has 2 unspecified atom stereocenters. The van der Waals surface area contributed by atoms with Crippen LogP contribution in [0.5, 0.6) is 0 Å². The van der Waals surface area contributed by atoms with Crippen LogP contribution in [0.1, 0.15) is 47.4 Å². The molecule has 0 spiro atoms. The average molecular weight is 367 g/mol. The van der Waals surface area contributed by atoms with Crippen molar-refractivity contribution in [1.29, 1.82) is 0 Å². The first kappa shape index (κ1) is 19.1. The lowest BCUT2D eigenvalue weighted by atomic mass is 9.93. The van der Waals surface area contributed by atoms with Crippen LogP contribution < -0.4 is 5.32 Å². The highest BCUT2D eigenvalue weighted by molar-refractivity contribution is 6.04. The second-order valence-electron chi connectivity index (χ2n) is 7.24. The second-order valence-corrected chi connectivity index (χ2v) is 7.24. The largest absolute Gasteiger partial charge is 0.478 e. The number of amides is 1. The Kier molecular flexibility index (Phi) is 5.91. The van der Waals surface area contributed by atoms with E-state index in [9.17, 15) is 14.7 Å². The predicted molar refractivity (Wildman–Crippen MR) is 104 cm³/mol. The van der Waals surface area contributed by atoms with Gasteiger partial charge in [0.25, 0.3) is 5.91 Å².